The van der Waals surface area contributed by atoms with Gasteiger partial charge >= 0.3 is 6.09 Å². The molecule has 0 atom stereocenters. The first-order chi connectivity index (χ1) is 11.8. The second-order valence-corrected chi connectivity index (χ2v) is 7.64. The fourth-order valence-electron chi connectivity index (χ4n) is 2.52. The minimum absolute atomic E-state index is 0.0371. The molecule has 2 rings (SSSR count). The Kier molecular flexibility index (Phi) is 6.82. The average molecular weight is 347 g/mol. The molecule has 1 fully saturated rings. The first-order valence-corrected chi connectivity index (χ1v) is 8.78. The number of hydrogen-bond donors (Lipinski definition) is 1. The lowest BCUT2D eigenvalue weighted by atomic mass is 9.97. The van der Waals surface area contributed by atoms with E-state index in [-0.39, 0.29) is 24.0 Å². The summed E-state index contributed by atoms with van der Waals surface area (Å²) in [6, 6.07) is 9.64. The van der Waals surface area contributed by atoms with Crippen molar-refractivity contribution in [3.8, 4) is 0 Å². The lowest BCUT2D eigenvalue weighted by Gasteiger charge is -2.33. The van der Waals surface area contributed by atoms with Crippen LogP contribution < -0.4 is 5.32 Å². The molecule has 1 aromatic rings. The number of nitrogens with one attached hydrogen (secondary N) is 1. The van der Waals surface area contributed by atoms with E-state index in [1.807, 2.05) is 30.3 Å². The van der Waals surface area contributed by atoms with Gasteiger partial charge in [-0.2, -0.15) is 0 Å². The third kappa shape index (κ3) is 7.13. The lowest BCUT2D eigenvalue weighted by Crippen LogP contribution is -2.51. The summed E-state index contributed by atoms with van der Waals surface area (Å²) in [4.78, 5) is 27.9. The molecule has 138 valence electrons. The van der Waals surface area contributed by atoms with Gasteiger partial charge in [-0.3, -0.25) is 9.69 Å². The second-order valence-electron chi connectivity index (χ2n) is 7.64. The molecule has 1 heterocycles. The van der Waals surface area contributed by atoms with E-state index < -0.39 is 0 Å². The van der Waals surface area contributed by atoms with E-state index in [4.69, 9.17) is 4.74 Å². The standard InChI is InChI=1S/C19H29N3O3/c1-19(2,3)15-20-17(23)13-21-9-11-22(12-10-21)18(24)25-14-16-7-5-4-6-8-16/h4-8H,9-15H2,1-3H3,(H,20,23). The van der Waals surface area contributed by atoms with Crippen molar-refractivity contribution in [2.75, 3.05) is 39.3 Å². The lowest BCUT2D eigenvalue weighted by molar-refractivity contribution is -0.123. The number of rotatable bonds is 5. The number of carbonyl (C=O) groups is 2. The smallest absolute Gasteiger partial charge is 0.410 e. The maximum Gasteiger partial charge on any atom is 0.410 e. The highest BCUT2D eigenvalue weighted by molar-refractivity contribution is 5.78. The van der Waals surface area contributed by atoms with Gasteiger partial charge in [0.05, 0.1) is 6.54 Å². The molecule has 1 aliphatic rings. The first kappa shape index (κ1) is 19.2. The highest BCUT2D eigenvalue weighted by Gasteiger charge is 2.23. The number of benzene rings is 1. The number of ether oxygens (including phenoxy) is 1. The Balaban J connectivity index is 1.67. The quantitative estimate of drug-likeness (QED) is 0.886. The Morgan fingerprint density at radius 2 is 1.72 bits per heavy atom. The summed E-state index contributed by atoms with van der Waals surface area (Å²) in [5.41, 5.74) is 1.06. The van der Waals surface area contributed by atoms with Crippen LogP contribution >= 0.6 is 0 Å². The molecule has 1 saturated heterocycles. The van der Waals surface area contributed by atoms with Gasteiger partial charge < -0.3 is 15.0 Å². The van der Waals surface area contributed by atoms with Crippen LogP contribution in [0.1, 0.15) is 26.3 Å². The normalized spacial score (nSPS) is 15.7. The third-order valence-corrected chi connectivity index (χ3v) is 4.02. The Morgan fingerprint density at radius 3 is 2.32 bits per heavy atom. The summed E-state index contributed by atoms with van der Waals surface area (Å²) in [6.45, 7) is 10.1. The zero-order chi connectivity index (χ0) is 18.3. The predicted molar refractivity (Wildman–Crippen MR) is 97.1 cm³/mol. The van der Waals surface area contributed by atoms with Gasteiger partial charge in [0, 0.05) is 32.7 Å². The van der Waals surface area contributed by atoms with E-state index in [9.17, 15) is 9.59 Å². The summed E-state index contributed by atoms with van der Waals surface area (Å²) in [6.07, 6.45) is -0.291. The summed E-state index contributed by atoms with van der Waals surface area (Å²) < 4.78 is 5.35. The molecule has 6 nitrogen and oxygen atoms in total. The van der Waals surface area contributed by atoms with Crippen molar-refractivity contribution in [1.29, 1.82) is 0 Å². The number of piperazine rings is 1. The van der Waals surface area contributed by atoms with Crippen LogP contribution in [0.15, 0.2) is 30.3 Å². The van der Waals surface area contributed by atoms with E-state index in [1.54, 1.807) is 4.90 Å². The Morgan fingerprint density at radius 1 is 1.08 bits per heavy atom. The van der Waals surface area contributed by atoms with Gasteiger partial charge in [0.15, 0.2) is 0 Å². The van der Waals surface area contributed by atoms with Crippen molar-refractivity contribution < 1.29 is 14.3 Å². The fraction of sp³-hybridized carbons (Fsp3) is 0.579. The topological polar surface area (TPSA) is 61.9 Å². The van der Waals surface area contributed by atoms with Crippen molar-refractivity contribution in [3.63, 3.8) is 0 Å². The van der Waals surface area contributed by atoms with Crippen LogP contribution in [-0.2, 0) is 16.1 Å². The van der Waals surface area contributed by atoms with Crippen LogP contribution in [0.25, 0.3) is 0 Å². The maximum atomic E-state index is 12.1. The highest BCUT2D eigenvalue weighted by Crippen LogP contribution is 2.10. The van der Waals surface area contributed by atoms with Gasteiger partial charge in [-0.25, -0.2) is 4.79 Å². The maximum absolute atomic E-state index is 12.1. The van der Waals surface area contributed by atoms with Crippen molar-refractivity contribution in [2.24, 2.45) is 5.41 Å². The summed E-state index contributed by atoms with van der Waals surface area (Å²) in [7, 11) is 0. The molecule has 0 aromatic heterocycles. The monoisotopic (exact) mass is 347 g/mol. The van der Waals surface area contributed by atoms with Crippen LogP contribution in [0.2, 0.25) is 0 Å². The third-order valence-electron chi connectivity index (χ3n) is 4.02. The van der Waals surface area contributed by atoms with Crippen LogP contribution in [0.3, 0.4) is 0 Å². The second kappa shape index (κ2) is 8.85. The van der Waals surface area contributed by atoms with Gasteiger partial charge in [-0.05, 0) is 11.0 Å². The molecular weight excluding hydrogens is 318 g/mol. The molecule has 0 aliphatic carbocycles. The van der Waals surface area contributed by atoms with Crippen LogP contribution in [-0.4, -0.2) is 61.1 Å². The van der Waals surface area contributed by atoms with Crippen LogP contribution in [0.4, 0.5) is 4.79 Å². The van der Waals surface area contributed by atoms with Crippen molar-refractivity contribution >= 4 is 12.0 Å². The van der Waals surface area contributed by atoms with Gasteiger partial charge in [0.1, 0.15) is 6.61 Å². The van der Waals surface area contributed by atoms with E-state index in [0.29, 0.717) is 39.3 Å². The molecule has 0 spiro atoms. The molecule has 1 aromatic carbocycles. The zero-order valence-corrected chi connectivity index (χ0v) is 15.5. The molecule has 6 heteroatoms. The van der Waals surface area contributed by atoms with E-state index in [1.165, 1.54) is 0 Å². The molecule has 1 N–H and O–H groups in total. The van der Waals surface area contributed by atoms with Crippen LogP contribution in [0, 0.1) is 5.41 Å². The largest absolute Gasteiger partial charge is 0.445 e. The Bertz CT molecular complexity index is 561. The molecule has 1 aliphatic heterocycles. The predicted octanol–water partition coefficient (Wildman–Crippen LogP) is 2.10. The van der Waals surface area contributed by atoms with Gasteiger partial charge in [-0.1, -0.05) is 51.1 Å². The van der Waals surface area contributed by atoms with Gasteiger partial charge in [-0.15, -0.1) is 0 Å². The van der Waals surface area contributed by atoms with Crippen LogP contribution in [0.5, 0.6) is 0 Å². The zero-order valence-electron chi connectivity index (χ0n) is 15.5. The molecule has 0 radical (unpaired) electrons. The summed E-state index contributed by atoms with van der Waals surface area (Å²) in [5.74, 6) is 0.0371. The molecule has 25 heavy (non-hydrogen) atoms. The number of amides is 2. The van der Waals surface area contributed by atoms with Crippen molar-refractivity contribution in [1.82, 2.24) is 15.1 Å². The Hall–Kier alpha value is -2.08. The number of carbonyl (C=O) groups excluding carboxylic acids is 2. The number of nitrogens with zero attached hydrogens (tertiary/aromatic N) is 2. The van der Waals surface area contributed by atoms with E-state index in [0.717, 1.165) is 5.56 Å². The van der Waals surface area contributed by atoms with Crippen molar-refractivity contribution in [2.45, 2.75) is 27.4 Å². The molecule has 0 bridgehead atoms. The fourth-order valence-corrected chi connectivity index (χ4v) is 2.52. The minimum atomic E-state index is -0.291. The summed E-state index contributed by atoms with van der Waals surface area (Å²) >= 11 is 0. The summed E-state index contributed by atoms with van der Waals surface area (Å²) in [5, 5.41) is 2.96. The molecule has 0 unspecified atom stereocenters. The van der Waals surface area contributed by atoms with Gasteiger partial charge in [0.2, 0.25) is 5.91 Å². The first-order valence-electron chi connectivity index (χ1n) is 8.78. The van der Waals surface area contributed by atoms with Crippen molar-refractivity contribution in [3.05, 3.63) is 35.9 Å². The molecule has 0 saturated carbocycles. The Labute approximate surface area is 150 Å². The minimum Gasteiger partial charge on any atom is -0.445 e. The SMILES string of the molecule is CC(C)(C)CNC(=O)CN1CCN(C(=O)OCc2ccccc2)CC1. The van der Waals surface area contributed by atoms with E-state index in [2.05, 4.69) is 31.0 Å². The average Bonchev–Trinajstić information content (AvgIpc) is 2.59. The molecule has 2 amide bonds. The molecular formula is C19H29N3O3. The van der Waals surface area contributed by atoms with E-state index >= 15 is 0 Å². The van der Waals surface area contributed by atoms with Gasteiger partial charge in [0.25, 0.3) is 0 Å². The number of hydrogen-bond acceptors (Lipinski definition) is 4. The highest BCUT2D eigenvalue weighted by atomic mass is 16.6.